The summed E-state index contributed by atoms with van der Waals surface area (Å²) in [5, 5.41) is 0. The minimum atomic E-state index is -0.515. The third-order valence-corrected chi connectivity index (χ3v) is 5.24. The highest BCUT2D eigenvalue weighted by Crippen LogP contribution is 2.42. The Labute approximate surface area is 113 Å². The summed E-state index contributed by atoms with van der Waals surface area (Å²) in [5.74, 6) is -1.03. The summed E-state index contributed by atoms with van der Waals surface area (Å²) in [4.78, 5) is 1.12. The highest BCUT2D eigenvalue weighted by molar-refractivity contribution is 8.76. The van der Waals surface area contributed by atoms with Crippen LogP contribution >= 0.6 is 21.6 Å². The van der Waals surface area contributed by atoms with E-state index in [0.29, 0.717) is 0 Å². The first-order valence-electron chi connectivity index (χ1n) is 5.44. The molecule has 0 spiro atoms. The second kappa shape index (κ2) is 5.76. The molecule has 0 fully saturated rings. The summed E-state index contributed by atoms with van der Waals surface area (Å²) in [5.41, 5.74) is 2.23. The van der Waals surface area contributed by atoms with E-state index in [4.69, 9.17) is 0 Å². The number of rotatable bonds is 3. The van der Waals surface area contributed by atoms with E-state index in [2.05, 4.69) is 0 Å². The average molecular weight is 282 g/mol. The Bertz CT molecular complexity index is 476. The maximum atomic E-state index is 13.5. The van der Waals surface area contributed by atoms with E-state index in [-0.39, 0.29) is 4.90 Å². The first-order chi connectivity index (χ1) is 8.59. The molecule has 0 bridgehead atoms. The summed E-state index contributed by atoms with van der Waals surface area (Å²) < 4.78 is 27.0. The van der Waals surface area contributed by atoms with Gasteiger partial charge in [0.25, 0.3) is 0 Å². The molecule has 0 heterocycles. The molecule has 94 valence electrons. The quantitative estimate of drug-likeness (QED) is 0.693. The number of hydrogen-bond acceptors (Lipinski definition) is 2. The van der Waals surface area contributed by atoms with E-state index in [0.717, 1.165) is 26.8 Å². The molecule has 0 aliphatic carbocycles. The smallest absolute Gasteiger partial charge is 0.140 e. The van der Waals surface area contributed by atoms with Crippen molar-refractivity contribution < 1.29 is 8.78 Å². The van der Waals surface area contributed by atoms with Gasteiger partial charge in [0.1, 0.15) is 11.6 Å². The number of hydrogen-bond donors (Lipinski definition) is 0. The Balaban J connectivity index is 2.22. The summed E-state index contributed by atoms with van der Waals surface area (Å²) in [6.07, 6.45) is 0. The van der Waals surface area contributed by atoms with Crippen molar-refractivity contribution in [3.05, 3.63) is 59.2 Å². The monoisotopic (exact) mass is 282 g/mol. The molecule has 2 aromatic carbocycles. The van der Waals surface area contributed by atoms with E-state index in [1.54, 1.807) is 0 Å². The van der Waals surface area contributed by atoms with E-state index in [9.17, 15) is 8.78 Å². The van der Waals surface area contributed by atoms with Crippen LogP contribution < -0.4 is 0 Å². The molecule has 0 radical (unpaired) electrons. The van der Waals surface area contributed by atoms with Crippen LogP contribution in [-0.2, 0) is 0 Å². The van der Waals surface area contributed by atoms with Crippen molar-refractivity contribution in [3.8, 4) is 0 Å². The highest BCUT2D eigenvalue weighted by atomic mass is 33.1. The zero-order chi connectivity index (χ0) is 13.1. The molecule has 0 N–H and O–H groups in total. The van der Waals surface area contributed by atoms with Gasteiger partial charge in [-0.25, -0.2) is 8.78 Å². The standard InChI is InChI=1S/C14H12F2S2/c1-9-5-3-6-10(2)13(9)17-18-14-11(15)7-4-8-12(14)16/h3-8H,1-2H3. The molecular formula is C14H12F2S2. The van der Waals surface area contributed by atoms with Crippen molar-refractivity contribution in [1.29, 1.82) is 0 Å². The van der Waals surface area contributed by atoms with Crippen molar-refractivity contribution in [1.82, 2.24) is 0 Å². The number of aryl methyl sites for hydroxylation is 2. The molecule has 0 aliphatic rings. The van der Waals surface area contributed by atoms with Crippen molar-refractivity contribution in [2.24, 2.45) is 0 Å². The van der Waals surface area contributed by atoms with Crippen molar-refractivity contribution in [2.75, 3.05) is 0 Å². The molecular weight excluding hydrogens is 270 g/mol. The van der Waals surface area contributed by atoms with Crippen molar-refractivity contribution >= 4 is 21.6 Å². The van der Waals surface area contributed by atoms with Gasteiger partial charge in [-0.1, -0.05) is 35.1 Å². The zero-order valence-corrected chi connectivity index (χ0v) is 11.7. The largest absolute Gasteiger partial charge is 0.206 e. The molecule has 2 rings (SSSR count). The zero-order valence-electron chi connectivity index (χ0n) is 10.0. The minimum Gasteiger partial charge on any atom is -0.206 e. The van der Waals surface area contributed by atoms with Gasteiger partial charge in [-0.15, -0.1) is 0 Å². The van der Waals surface area contributed by atoms with Crippen LogP contribution in [0.1, 0.15) is 11.1 Å². The highest BCUT2D eigenvalue weighted by Gasteiger charge is 2.11. The molecule has 2 aromatic rings. The van der Waals surface area contributed by atoms with Crippen LogP contribution in [0.3, 0.4) is 0 Å². The maximum Gasteiger partial charge on any atom is 0.140 e. The fraction of sp³-hybridized carbons (Fsp3) is 0.143. The fourth-order valence-electron chi connectivity index (χ4n) is 1.58. The van der Waals surface area contributed by atoms with Gasteiger partial charge in [-0.05, 0) is 47.9 Å². The van der Waals surface area contributed by atoms with E-state index >= 15 is 0 Å². The SMILES string of the molecule is Cc1cccc(C)c1SSc1c(F)cccc1F. The Morgan fingerprint density at radius 1 is 0.722 bits per heavy atom. The molecule has 0 saturated carbocycles. The minimum absolute atomic E-state index is 0.0603. The molecule has 0 atom stereocenters. The predicted octanol–water partition coefficient (Wildman–Crippen LogP) is 5.38. The van der Waals surface area contributed by atoms with Crippen LogP contribution in [0.5, 0.6) is 0 Å². The molecule has 0 amide bonds. The van der Waals surface area contributed by atoms with E-state index in [1.807, 2.05) is 32.0 Å². The van der Waals surface area contributed by atoms with Crippen LogP contribution in [-0.4, -0.2) is 0 Å². The molecule has 0 aromatic heterocycles. The molecule has 0 unspecified atom stereocenters. The normalized spacial score (nSPS) is 10.7. The predicted molar refractivity (Wildman–Crippen MR) is 74.0 cm³/mol. The number of halogens is 2. The van der Waals surface area contributed by atoms with Gasteiger partial charge in [-0.3, -0.25) is 0 Å². The molecule has 4 heteroatoms. The third kappa shape index (κ3) is 2.87. The lowest BCUT2D eigenvalue weighted by molar-refractivity contribution is 0.541. The van der Waals surface area contributed by atoms with Gasteiger partial charge in [0, 0.05) is 4.90 Å². The van der Waals surface area contributed by atoms with Crippen LogP contribution in [0.25, 0.3) is 0 Å². The lowest BCUT2D eigenvalue weighted by Gasteiger charge is -2.09. The summed E-state index contributed by atoms with van der Waals surface area (Å²) in [6.45, 7) is 3.99. The lowest BCUT2D eigenvalue weighted by atomic mass is 10.2. The number of benzene rings is 2. The Hall–Kier alpha value is -1.00. The molecule has 0 saturated heterocycles. The summed E-state index contributed by atoms with van der Waals surface area (Å²) in [6, 6.07) is 9.88. The van der Waals surface area contributed by atoms with Gasteiger partial charge >= 0.3 is 0 Å². The van der Waals surface area contributed by atoms with Gasteiger partial charge in [0.15, 0.2) is 0 Å². The third-order valence-electron chi connectivity index (χ3n) is 2.54. The van der Waals surface area contributed by atoms with Crippen LogP contribution in [0, 0.1) is 25.5 Å². The van der Waals surface area contributed by atoms with E-state index < -0.39 is 11.6 Å². The van der Waals surface area contributed by atoms with Gasteiger partial charge in [-0.2, -0.15) is 0 Å². The first kappa shape index (κ1) is 13.4. The fourth-order valence-corrected chi connectivity index (χ4v) is 4.20. The van der Waals surface area contributed by atoms with Gasteiger partial charge < -0.3 is 0 Å². The second-order valence-corrected chi connectivity index (χ2v) is 6.09. The molecule has 0 aliphatic heterocycles. The van der Waals surface area contributed by atoms with Crippen molar-refractivity contribution in [3.63, 3.8) is 0 Å². The Morgan fingerprint density at radius 3 is 1.72 bits per heavy atom. The van der Waals surface area contributed by atoms with Crippen molar-refractivity contribution in [2.45, 2.75) is 23.6 Å². The second-order valence-electron chi connectivity index (χ2n) is 3.94. The molecule has 18 heavy (non-hydrogen) atoms. The summed E-state index contributed by atoms with van der Waals surface area (Å²) >= 11 is 0. The molecule has 0 nitrogen and oxygen atoms in total. The van der Waals surface area contributed by atoms with Gasteiger partial charge in [0.05, 0.1) is 4.90 Å². The Morgan fingerprint density at radius 2 is 1.17 bits per heavy atom. The first-order valence-corrected chi connectivity index (χ1v) is 7.59. The lowest BCUT2D eigenvalue weighted by Crippen LogP contribution is -1.86. The average Bonchev–Trinajstić information content (AvgIpc) is 2.31. The van der Waals surface area contributed by atoms with Crippen LogP contribution in [0.15, 0.2) is 46.2 Å². The van der Waals surface area contributed by atoms with E-state index in [1.165, 1.54) is 29.0 Å². The van der Waals surface area contributed by atoms with Gasteiger partial charge in [0.2, 0.25) is 0 Å². The Kier molecular flexibility index (Phi) is 4.30. The maximum absolute atomic E-state index is 13.5. The van der Waals surface area contributed by atoms with Crippen LogP contribution in [0.2, 0.25) is 0 Å². The van der Waals surface area contributed by atoms with Crippen LogP contribution in [0.4, 0.5) is 8.78 Å². The summed E-state index contributed by atoms with van der Waals surface area (Å²) in [7, 11) is 2.51. The topological polar surface area (TPSA) is 0 Å².